The predicted molar refractivity (Wildman–Crippen MR) is 111 cm³/mol. The van der Waals surface area contributed by atoms with Gasteiger partial charge in [0, 0.05) is 38.8 Å². The highest BCUT2D eigenvalue weighted by molar-refractivity contribution is 7.26. The van der Waals surface area contributed by atoms with E-state index in [4.69, 9.17) is 0 Å². The Labute approximate surface area is 148 Å². The topological polar surface area (TPSA) is 4.93 Å². The third-order valence-corrected chi connectivity index (χ3v) is 6.57. The SMILES string of the molecule is Cn1c2ccccc2c2ccc3c(sc4ccc5ccccc5c43)c21. The Hall–Kier alpha value is -2.84. The van der Waals surface area contributed by atoms with Crippen LogP contribution in [0.3, 0.4) is 0 Å². The normalized spacial score (nSPS) is 12.2. The second kappa shape index (κ2) is 4.62. The first-order valence-electron chi connectivity index (χ1n) is 8.53. The quantitative estimate of drug-likeness (QED) is 0.285. The zero-order valence-electron chi connectivity index (χ0n) is 13.8. The second-order valence-corrected chi connectivity index (χ2v) is 7.73. The van der Waals surface area contributed by atoms with E-state index in [0.717, 1.165) is 0 Å². The van der Waals surface area contributed by atoms with Gasteiger partial charge in [0.05, 0.1) is 10.2 Å². The first-order chi connectivity index (χ1) is 12.3. The Bertz CT molecular complexity index is 1450. The van der Waals surface area contributed by atoms with Crippen LogP contribution in [0.1, 0.15) is 0 Å². The van der Waals surface area contributed by atoms with Crippen LogP contribution in [0.25, 0.3) is 52.8 Å². The molecular formula is C23H15NS. The van der Waals surface area contributed by atoms with Gasteiger partial charge in [-0.1, -0.05) is 60.7 Å². The second-order valence-electron chi connectivity index (χ2n) is 6.68. The van der Waals surface area contributed by atoms with Crippen LogP contribution in [0.5, 0.6) is 0 Å². The van der Waals surface area contributed by atoms with E-state index >= 15 is 0 Å². The van der Waals surface area contributed by atoms with E-state index in [1.807, 2.05) is 11.3 Å². The zero-order valence-corrected chi connectivity index (χ0v) is 14.6. The largest absolute Gasteiger partial charge is 0.342 e. The fourth-order valence-electron chi connectivity index (χ4n) is 4.26. The summed E-state index contributed by atoms with van der Waals surface area (Å²) in [6.45, 7) is 0. The Balaban J connectivity index is 1.93. The monoisotopic (exact) mass is 337 g/mol. The van der Waals surface area contributed by atoms with E-state index in [1.165, 1.54) is 52.8 Å². The maximum Gasteiger partial charge on any atom is 0.0670 e. The molecule has 0 N–H and O–H groups in total. The number of thiophene rings is 1. The summed E-state index contributed by atoms with van der Waals surface area (Å²) in [6, 6.07) is 26.5. The molecule has 0 aliphatic rings. The van der Waals surface area contributed by atoms with Crippen LogP contribution in [0.2, 0.25) is 0 Å². The molecule has 0 saturated carbocycles. The number of hydrogen-bond acceptors (Lipinski definition) is 1. The van der Waals surface area contributed by atoms with Crippen LogP contribution in [-0.4, -0.2) is 4.57 Å². The number of para-hydroxylation sites is 1. The summed E-state index contributed by atoms with van der Waals surface area (Å²) in [5, 5.41) is 8.11. The van der Waals surface area contributed by atoms with Gasteiger partial charge >= 0.3 is 0 Å². The van der Waals surface area contributed by atoms with Crippen LogP contribution in [0.15, 0.2) is 72.8 Å². The van der Waals surface area contributed by atoms with Gasteiger partial charge in [0.15, 0.2) is 0 Å². The van der Waals surface area contributed by atoms with E-state index in [9.17, 15) is 0 Å². The van der Waals surface area contributed by atoms with Gasteiger partial charge in [-0.25, -0.2) is 0 Å². The van der Waals surface area contributed by atoms with Gasteiger partial charge in [-0.3, -0.25) is 0 Å². The van der Waals surface area contributed by atoms with E-state index in [-0.39, 0.29) is 0 Å². The molecule has 25 heavy (non-hydrogen) atoms. The van der Waals surface area contributed by atoms with Crippen molar-refractivity contribution in [3.05, 3.63) is 72.8 Å². The lowest BCUT2D eigenvalue weighted by Gasteiger charge is -2.01. The molecule has 0 fully saturated rings. The molecule has 0 unspecified atom stereocenters. The molecule has 2 heterocycles. The molecular weight excluding hydrogens is 322 g/mol. The standard InChI is InChI=1S/C23H15NS/c1-24-19-9-5-4-8-16(19)17-11-12-18-21-15-7-3-2-6-14(15)10-13-20(21)25-23(18)22(17)24/h2-13H,1H3. The first-order valence-corrected chi connectivity index (χ1v) is 9.35. The highest BCUT2D eigenvalue weighted by atomic mass is 32.1. The minimum absolute atomic E-state index is 1.30. The molecule has 0 bridgehead atoms. The van der Waals surface area contributed by atoms with Crippen molar-refractivity contribution in [2.45, 2.75) is 0 Å². The molecule has 6 rings (SSSR count). The summed E-state index contributed by atoms with van der Waals surface area (Å²) in [5.41, 5.74) is 2.65. The number of fused-ring (bicyclic) bond motifs is 9. The van der Waals surface area contributed by atoms with Gasteiger partial charge in [0.1, 0.15) is 0 Å². The van der Waals surface area contributed by atoms with E-state index in [1.54, 1.807) is 0 Å². The molecule has 0 radical (unpaired) electrons. The van der Waals surface area contributed by atoms with Crippen molar-refractivity contribution in [1.82, 2.24) is 4.57 Å². The zero-order chi connectivity index (χ0) is 16.5. The number of aryl methyl sites for hydroxylation is 1. The Morgan fingerprint density at radius 3 is 2.36 bits per heavy atom. The van der Waals surface area contributed by atoms with Crippen molar-refractivity contribution in [1.29, 1.82) is 0 Å². The highest BCUT2D eigenvalue weighted by Gasteiger charge is 2.15. The Morgan fingerprint density at radius 2 is 1.44 bits per heavy atom. The van der Waals surface area contributed by atoms with E-state index < -0.39 is 0 Å². The number of benzene rings is 4. The van der Waals surface area contributed by atoms with E-state index in [0.29, 0.717) is 0 Å². The van der Waals surface area contributed by atoms with Crippen LogP contribution in [0.4, 0.5) is 0 Å². The third-order valence-electron chi connectivity index (χ3n) is 5.39. The minimum Gasteiger partial charge on any atom is -0.342 e. The Morgan fingerprint density at radius 1 is 0.680 bits per heavy atom. The van der Waals surface area contributed by atoms with Gasteiger partial charge in [0.2, 0.25) is 0 Å². The molecule has 2 aromatic heterocycles. The predicted octanol–water partition coefficient (Wildman–Crippen LogP) is 6.85. The van der Waals surface area contributed by atoms with Crippen molar-refractivity contribution in [3.8, 4) is 0 Å². The first kappa shape index (κ1) is 13.5. The van der Waals surface area contributed by atoms with Crippen molar-refractivity contribution in [2.75, 3.05) is 0 Å². The molecule has 0 aliphatic carbocycles. The average Bonchev–Trinajstić information content (AvgIpc) is 3.18. The molecule has 0 atom stereocenters. The lowest BCUT2D eigenvalue weighted by molar-refractivity contribution is 1.02. The number of hydrogen-bond donors (Lipinski definition) is 0. The molecule has 0 amide bonds. The molecule has 1 nitrogen and oxygen atoms in total. The van der Waals surface area contributed by atoms with Gasteiger partial charge in [0.25, 0.3) is 0 Å². The van der Waals surface area contributed by atoms with E-state index in [2.05, 4.69) is 84.4 Å². The van der Waals surface area contributed by atoms with Crippen LogP contribution >= 0.6 is 11.3 Å². The number of rotatable bonds is 0. The lowest BCUT2D eigenvalue weighted by atomic mass is 10.0. The highest BCUT2D eigenvalue weighted by Crippen LogP contribution is 2.43. The van der Waals surface area contributed by atoms with Gasteiger partial charge < -0.3 is 4.57 Å². The van der Waals surface area contributed by atoms with Crippen molar-refractivity contribution in [2.24, 2.45) is 7.05 Å². The van der Waals surface area contributed by atoms with Crippen LogP contribution in [-0.2, 0) is 7.05 Å². The maximum atomic E-state index is 2.35. The summed E-state index contributed by atoms with van der Waals surface area (Å²) in [6.07, 6.45) is 0. The molecule has 6 aromatic rings. The average molecular weight is 337 g/mol. The van der Waals surface area contributed by atoms with Gasteiger partial charge in [-0.15, -0.1) is 11.3 Å². The van der Waals surface area contributed by atoms with Crippen LogP contribution < -0.4 is 0 Å². The maximum absolute atomic E-state index is 2.35. The number of aromatic nitrogens is 1. The molecule has 4 aromatic carbocycles. The Kier molecular flexibility index (Phi) is 2.48. The number of nitrogens with zero attached hydrogens (tertiary/aromatic N) is 1. The minimum atomic E-state index is 1.30. The summed E-state index contributed by atoms with van der Waals surface area (Å²) < 4.78 is 5.11. The summed E-state index contributed by atoms with van der Waals surface area (Å²) in [4.78, 5) is 0. The summed E-state index contributed by atoms with van der Waals surface area (Å²) >= 11 is 1.91. The summed E-state index contributed by atoms with van der Waals surface area (Å²) in [7, 11) is 2.19. The smallest absolute Gasteiger partial charge is 0.0670 e. The molecule has 0 spiro atoms. The van der Waals surface area contributed by atoms with Gasteiger partial charge in [-0.2, -0.15) is 0 Å². The molecule has 118 valence electrons. The lowest BCUT2D eigenvalue weighted by Crippen LogP contribution is -1.86. The fraction of sp³-hybridized carbons (Fsp3) is 0.0435. The molecule has 0 saturated heterocycles. The van der Waals surface area contributed by atoms with Gasteiger partial charge in [-0.05, 0) is 22.9 Å². The van der Waals surface area contributed by atoms with Crippen molar-refractivity contribution < 1.29 is 0 Å². The molecule has 2 heteroatoms. The third kappa shape index (κ3) is 1.62. The van der Waals surface area contributed by atoms with Crippen molar-refractivity contribution >= 4 is 64.1 Å². The summed E-state index contributed by atoms with van der Waals surface area (Å²) in [5.74, 6) is 0. The fourth-order valence-corrected chi connectivity index (χ4v) is 5.56. The molecule has 0 aliphatic heterocycles. The van der Waals surface area contributed by atoms with Crippen molar-refractivity contribution in [3.63, 3.8) is 0 Å². The van der Waals surface area contributed by atoms with Crippen LogP contribution in [0, 0.1) is 0 Å².